The van der Waals surface area contributed by atoms with Crippen LogP contribution in [0.25, 0.3) is 0 Å². The van der Waals surface area contributed by atoms with Crippen molar-refractivity contribution in [3.63, 3.8) is 0 Å². The van der Waals surface area contributed by atoms with Crippen LogP contribution in [0.4, 0.5) is 0 Å². The molecule has 1 atom stereocenters. The Hall–Kier alpha value is -1.84. The zero-order chi connectivity index (χ0) is 16.6. The molecule has 0 saturated heterocycles. The summed E-state index contributed by atoms with van der Waals surface area (Å²) in [5, 5.41) is 9.57. The fourth-order valence-electron chi connectivity index (χ4n) is 4.20. The van der Waals surface area contributed by atoms with Gasteiger partial charge in [-0.3, -0.25) is 9.59 Å². The van der Waals surface area contributed by atoms with Crippen LogP contribution < -0.4 is 0 Å². The Morgan fingerprint density at radius 3 is 2.57 bits per heavy atom. The summed E-state index contributed by atoms with van der Waals surface area (Å²) in [4.78, 5) is 26.6. The van der Waals surface area contributed by atoms with Gasteiger partial charge in [-0.2, -0.15) is 0 Å². The molecular formula is C19H25NO3. The first-order chi connectivity index (χ1) is 10.9. The van der Waals surface area contributed by atoms with Crippen LogP contribution in [-0.2, 0) is 16.1 Å². The number of benzene rings is 1. The first-order valence-electron chi connectivity index (χ1n) is 8.53. The van der Waals surface area contributed by atoms with Crippen molar-refractivity contribution in [1.82, 2.24) is 4.90 Å². The van der Waals surface area contributed by atoms with E-state index in [4.69, 9.17) is 0 Å². The average molecular weight is 315 g/mol. The lowest BCUT2D eigenvalue weighted by Crippen LogP contribution is -2.51. The van der Waals surface area contributed by atoms with Gasteiger partial charge >= 0.3 is 5.97 Å². The molecule has 1 aliphatic heterocycles. The molecule has 0 bridgehead atoms. The molecule has 1 heterocycles. The van der Waals surface area contributed by atoms with E-state index in [1.807, 2.05) is 24.3 Å². The second-order valence-electron chi connectivity index (χ2n) is 7.51. The van der Waals surface area contributed by atoms with E-state index < -0.39 is 11.9 Å². The van der Waals surface area contributed by atoms with Crippen LogP contribution >= 0.6 is 0 Å². The normalized spacial score (nSPS) is 22.4. The van der Waals surface area contributed by atoms with Crippen LogP contribution in [0.15, 0.2) is 24.3 Å². The quantitative estimate of drug-likeness (QED) is 0.926. The Labute approximate surface area is 137 Å². The Kier molecular flexibility index (Phi) is 4.17. The lowest BCUT2D eigenvalue weighted by atomic mass is 9.63. The minimum atomic E-state index is -0.846. The van der Waals surface area contributed by atoms with Gasteiger partial charge in [0, 0.05) is 18.5 Å². The van der Waals surface area contributed by atoms with Crippen molar-refractivity contribution < 1.29 is 14.7 Å². The zero-order valence-electron chi connectivity index (χ0n) is 13.9. The molecule has 2 aliphatic rings. The fraction of sp³-hybridized carbons (Fsp3) is 0.579. The van der Waals surface area contributed by atoms with E-state index in [9.17, 15) is 14.7 Å². The van der Waals surface area contributed by atoms with Gasteiger partial charge in [0.25, 0.3) is 0 Å². The Bertz CT molecular complexity index is 619. The summed E-state index contributed by atoms with van der Waals surface area (Å²) in [6, 6.07) is 7.61. The highest BCUT2D eigenvalue weighted by Crippen LogP contribution is 2.48. The third-order valence-corrected chi connectivity index (χ3v) is 5.34. The number of carbonyl (C=O) groups is 2. The fourth-order valence-corrected chi connectivity index (χ4v) is 4.20. The zero-order valence-corrected chi connectivity index (χ0v) is 13.9. The molecule has 4 heteroatoms. The van der Waals surface area contributed by atoms with Crippen LogP contribution in [0.1, 0.15) is 56.6 Å². The maximum absolute atomic E-state index is 13.1. The molecule has 124 valence electrons. The van der Waals surface area contributed by atoms with Gasteiger partial charge in [0.1, 0.15) is 0 Å². The van der Waals surface area contributed by atoms with E-state index in [1.165, 1.54) is 0 Å². The second-order valence-corrected chi connectivity index (χ2v) is 7.51. The smallest absolute Gasteiger partial charge is 0.312 e. The van der Waals surface area contributed by atoms with Crippen molar-refractivity contribution in [2.24, 2.45) is 11.3 Å². The largest absolute Gasteiger partial charge is 0.481 e. The van der Waals surface area contributed by atoms with Crippen LogP contribution in [0, 0.1) is 11.3 Å². The van der Waals surface area contributed by atoms with Crippen molar-refractivity contribution >= 4 is 11.9 Å². The molecule has 23 heavy (non-hydrogen) atoms. The molecule has 3 rings (SSSR count). The second kappa shape index (κ2) is 5.99. The summed E-state index contributed by atoms with van der Waals surface area (Å²) >= 11 is 0. The molecule has 1 aromatic rings. The number of hydrogen-bond acceptors (Lipinski definition) is 2. The summed E-state index contributed by atoms with van der Waals surface area (Å²) in [6.45, 7) is 5.14. The lowest BCUT2D eigenvalue weighted by Gasteiger charge is -2.46. The first-order valence-corrected chi connectivity index (χ1v) is 8.53. The molecule has 0 radical (unpaired) electrons. The lowest BCUT2D eigenvalue weighted by molar-refractivity contribution is -0.152. The number of carbonyl (C=O) groups excluding carboxylic acids is 1. The number of carboxylic acids is 1. The SMILES string of the molecule is CC(C)CC1(C(=O)N2Cc3ccccc3C(C(=O)O)C2)CCC1. The minimum absolute atomic E-state index is 0.165. The van der Waals surface area contributed by atoms with Crippen LogP contribution in [-0.4, -0.2) is 28.4 Å². The summed E-state index contributed by atoms with van der Waals surface area (Å²) in [7, 11) is 0. The molecule has 1 aromatic carbocycles. The Balaban J connectivity index is 1.87. The number of rotatable bonds is 4. The van der Waals surface area contributed by atoms with E-state index in [1.54, 1.807) is 4.90 Å². The van der Waals surface area contributed by atoms with E-state index >= 15 is 0 Å². The predicted octanol–water partition coefficient (Wildman–Crippen LogP) is 3.41. The average Bonchev–Trinajstić information content (AvgIpc) is 2.48. The first kappa shape index (κ1) is 16.0. The standard InChI is InChI=1S/C19H25NO3/c1-13(2)10-19(8-5-9-19)18(23)20-11-14-6-3-4-7-15(14)16(12-20)17(21)22/h3-4,6-7,13,16H,5,8-12H2,1-2H3,(H,21,22). The molecule has 1 N–H and O–H groups in total. The molecule has 0 aromatic heterocycles. The molecule has 1 aliphatic carbocycles. The predicted molar refractivity (Wildman–Crippen MR) is 88.0 cm³/mol. The van der Waals surface area contributed by atoms with Crippen LogP contribution in [0.3, 0.4) is 0 Å². The molecular weight excluding hydrogens is 290 g/mol. The van der Waals surface area contributed by atoms with Crippen molar-refractivity contribution in [1.29, 1.82) is 0 Å². The van der Waals surface area contributed by atoms with Gasteiger partial charge in [-0.05, 0) is 36.3 Å². The molecule has 1 amide bonds. The third kappa shape index (κ3) is 2.87. The molecule has 4 nitrogen and oxygen atoms in total. The number of carboxylic acid groups (broad SMARTS) is 1. The number of nitrogens with zero attached hydrogens (tertiary/aromatic N) is 1. The molecule has 0 spiro atoms. The monoisotopic (exact) mass is 315 g/mol. The van der Waals surface area contributed by atoms with Gasteiger partial charge < -0.3 is 10.0 Å². The Morgan fingerprint density at radius 2 is 2.00 bits per heavy atom. The van der Waals surface area contributed by atoms with Crippen molar-refractivity contribution in [3.8, 4) is 0 Å². The number of amides is 1. The van der Waals surface area contributed by atoms with E-state index in [0.717, 1.165) is 36.8 Å². The van der Waals surface area contributed by atoms with E-state index in [0.29, 0.717) is 19.0 Å². The topological polar surface area (TPSA) is 57.6 Å². The number of hydrogen-bond donors (Lipinski definition) is 1. The molecule has 1 fully saturated rings. The minimum Gasteiger partial charge on any atom is -0.481 e. The molecule has 1 saturated carbocycles. The highest BCUT2D eigenvalue weighted by molar-refractivity contribution is 5.86. The van der Waals surface area contributed by atoms with E-state index in [-0.39, 0.29) is 11.3 Å². The van der Waals surface area contributed by atoms with Crippen LogP contribution in [0.2, 0.25) is 0 Å². The van der Waals surface area contributed by atoms with Crippen LogP contribution in [0.5, 0.6) is 0 Å². The maximum atomic E-state index is 13.1. The highest BCUT2D eigenvalue weighted by atomic mass is 16.4. The van der Waals surface area contributed by atoms with Gasteiger partial charge in [-0.25, -0.2) is 0 Å². The van der Waals surface area contributed by atoms with Gasteiger partial charge in [0.05, 0.1) is 5.92 Å². The maximum Gasteiger partial charge on any atom is 0.312 e. The van der Waals surface area contributed by atoms with Gasteiger partial charge in [0.2, 0.25) is 5.91 Å². The molecule has 1 unspecified atom stereocenters. The highest BCUT2D eigenvalue weighted by Gasteiger charge is 2.47. The number of fused-ring (bicyclic) bond motifs is 1. The van der Waals surface area contributed by atoms with Crippen molar-refractivity contribution in [3.05, 3.63) is 35.4 Å². The van der Waals surface area contributed by atoms with Gasteiger partial charge in [-0.15, -0.1) is 0 Å². The summed E-state index contributed by atoms with van der Waals surface area (Å²) in [5.74, 6) is -0.814. The summed E-state index contributed by atoms with van der Waals surface area (Å²) in [5.41, 5.74) is 1.58. The van der Waals surface area contributed by atoms with Crippen molar-refractivity contribution in [2.45, 2.75) is 52.0 Å². The third-order valence-electron chi connectivity index (χ3n) is 5.34. The van der Waals surface area contributed by atoms with Gasteiger partial charge in [0.15, 0.2) is 0 Å². The van der Waals surface area contributed by atoms with Gasteiger partial charge in [-0.1, -0.05) is 44.5 Å². The summed E-state index contributed by atoms with van der Waals surface area (Å²) in [6.07, 6.45) is 3.90. The number of aliphatic carboxylic acids is 1. The summed E-state index contributed by atoms with van der Waals surface area (Å²) < 4.78 is 0. The van der Waals surface area contributed by atoms with E-state index in [2.05, 4.69) is 13.8 Å². The van der Waals surface area contributed by atoms with Crippen molar-refractivity contribution in [2.75, 3.05) is 6.54 Å². The Morgan fingerprint density at radius 1 is 1.30 bits per heavy atom.